The third-order valence-corrected chi connectivity index (χ3v) is 5.91. The number of hydrogen-bond acceptors (Lipinski definition) is 4. The van der Waals surface area contributed by atoms with Crippen LogP contribution in [0.1, 0.15) is 62.9 Å². The van der Waals surface area contributed by atoms with E-state index >= 15 is 0 Å². The van der Waals surface area contributed by atoms with Crippen molar-refractivity contribution in [3.63, 3.8) is 0 Å². The lowest BCUT2D eigenvalue weighted by Gasteiger charge is -2.31. The van der Waals surface area contributed by atoms with Crippen molar-refractivity contribution in [3.8, 4) is 0 Å². The van der Waals surface area contributed by atoms with Crippen LogP contribution in [0.4, 0.5) is 5.13 Å². The van der Waals surface area contributed by atoms with E-state index in [1.807, 2.05) is 11.3 Å². The number of piperidine rings is 1. The average Bonchev–Trinajstić information content (AvgIpc) is 3.26. The highest BCUT2D eigenvalue weighted by atomic mass is 32.1. The van der Waals surface area contributed by atoms with Crippen LogP contribution >= 0.6 is 11.3 Å². The number of anilines is 1. The van der Waals surface area contributed by atoms with Crippen molar-refractivity contribution in [2.75, 3.05) is 18.0 Å². The lowest BCUT2D eigenvalue weighted by atomic mass is 9.96. The van der Waals surface area contributed by atoms with Crippen molar-refractivity contribution in [2.24, 2.45) is 5.92 Å². The van der Waals surface area contributed by atoms with Crippen molar-refractivity contribution in [2.45, 2.75) is 71.4 Å². The number of hydrogen-bond donors (Lipinski definition) is 1. The topological polar surface area (TPSA) is 28.2 Å². The van der Waals surface area contributed by atoms with Crippen molar-refractivity contribution in [1.29, 1.82) is 0 Å². The molecule has 0 radical (unpaired) electrons. The molecule has 1 aromatic heterocycles. The largest absolute Gasteiger partial charge is 0.348 e. The molecule has 1 N–H and O–H groups in total. The number of nitrogens with zero attached hydrogens (tertiary/aromatic N) is 2. The zero-order valence-corrected chi connectivity index (χ0v) is 14.3. The molecule has 3 nitrogen and oxygen atoms in total. The maximum Gasteiger partial charge on any atom is 0.185 e. The highest BCUT2D eigenvalue weighted by Gasteiger charge is 2.24. The number of thiazole rings is 1. The second-order valence-electron chi connectivity index (χ2n) is 6.63. The summed E-state index contributed by atoms with van der Waals surface area (Å²) in [5.74, 6) is 0.866. The quantitative estimate of drug-likeness (QED) is 0.826. The SMILES string of the molecule is CCCc1nc(N2CCCC(CC)C2)sc1CNC1CC1. The molecule has 4 heteroatoms. The first-order valence-corrected chi connectivity index (χ1v) is 9.58. The van der Waals surface area contributed by atoms with Crippen LogP contribution in [-0.2, 0) is 13.0 Å². The van der Waals surface area contributed by atoms with Gasteiger partial charge >= 0.3 is 0 Å². The summed E-state index contributed by atoms with van der Waals surface area (Å²) in [7, 11) is 0. The van der Waals surface area contributed by atoms with Gasteiger partial charge in [-0.05, 0) is 38.0 Å². The van der Waals surface area contributed by atoms with Gasteiger partial charge in [0.2, 0.25) is 0 Å². The van der Waals surface area contributed by atoms with E-state index in [1.54, 1.807) is 0 Å². The Labute approximate surface area is 133 Å². The monoisotopic (exact) mass is 307 g/mol. The Hall–Kier alpha value is -0.610. The van der Waals surface area contributed by atoms with Gasteiger partial charge in [-0.1, -0.05) is 26.7 Å². The summed E-state index contributed by atoms with van der Waals surface area (Å²) in [5, 5.41) is 4.94. The molecule has 2 fully saturated rings. The summed E-state index contributed by atoms with van der Waals surface area (Å²) in [6.07, 6.45) is 9.07. The molecule has 1 atom stereocenters. The fourth-order valence-electron chi connectivity index (χ4n) is 3.17. The van der Waals surface area contributed by atoms with Crippen LogP contribution in [0.15, 0.2) is 0 Å². The van der Waals surface area contributed by atoms with Gasteiger partial charge in [-0.3, -0.25) is 0 Å². The molecule has 0 bridgehead atoms. The van der Waals surface area contributed by atoms with Crippen LogP contribution in [0.5, 0.6) is 0 Å². The molecule has 3 rings (SSSR count). The van der Waals surface area contributed by atoms with Gasteiger partial charge in [-0.2, -0.15) is 0 Å². The van der Waals surface area contributed by atoms with Crippen LogP contribution in [0.25, 0.3) is 0 Å². The standard InChI is InChI=1S/C17H29N3S/c1-3-6-15-16(11-18-14-8-9-14)21-17(19-15)20-10-5-7-13(4-2)12-20/h13-14,18H,3-12H2,1-2H3. The molecule has 1 saturated heterocycles. The Morgan fingerprint density at radius 1 is 1.29 bits per heavy atom. The van der Waals surface area contributed by atoms with Crippen molar-refractivity contribution in [3.05, 3.63) is 10.6 Å². The first-order chi connectivity index (χ1) is 10.3. The predicted molar refractivity (Wildman–Crippen MR) is 91.2 cm³/mol. The molecule has 0 spiro atoms. The van der Waals surface area contributed by atoms with Gasteiger partial charge < -0.3 is 10.2 Å². The fourth-order valence-corrected chi connectivity index (χ4v) is 4.26. The average molecular weight is 308 g/mol. The molecule has 1 saturated carbocycles. The van der Waals surface area contributed by atoms with Crippen molar-refractivity contribution in [1.82, 2.24) is 10.3 Å². The number of rotatable bonds is 7. The lowest BCUT2D eigenvalue weighted by molar-refractivity contribution is 0.404. The third-order valence-electron chi connectivity index (χ3n) is 4.75. The molecule has 21 heavy (non-hydrogen) atoms. The van der Waals surface area contributed by atoms with Crippen LogP contribution in [0, 0.1) is 5.92 Å². The molecule has 1 aliphatic carbocycles. The summed E-state index contributed by atoms with van der Waals surface area (Å²) < 4.78 is 0. The smallest absolute Gasteiger partial charge is 0.185 e. The zero-order chi connectivity index (χ0) is 14.7. The van der Waals surface area contributed by atoms with Gasteiger partial charge in [-0.15, -0.1) is 11.3 Å². The first kappa shape index (κ1) is 15.3. The maximum absolute atomic E-state index is 5.00. The molecular weight excluding hydrogens is 278 g/mol. The number of aromatic nitrogens is 1. The van der Waals surface area contributed by atoms with Crippen molar-refractivity contribution >= 4 is 16.5 Å². The molecule has 1 unspecified atom stereocenters. The van der Waals surface area contributed by atoms with E-state index in [-0.39, 0.29) is 0 Å². The van der Waals surface area contributed by atoms with E-state index in [9.17, 15) is 0 Å². The van der Waals surface area contributed by atoms with Crippen LogP contribution in [0.3, 0.4) is 0 Å². The molecular formula is C17H29N3S. The van der Waals surface area contributed by atoms with Gasteiger partial charge in [0.1, 0.15) is 0 Å². The van der Waals surface area contributed by atoms with Crippen molar-refractivity contribution < 1.29 is 0 Å². The van der Waals surface area contributed by atoms with E-state index in [1.165, 1.54) is 67.3 Å². The van der Waals surface area contributed by atoms with E-state index < -0.39 is 0 Å². The predicted octanol–water partition coefficient (Wildman–Crippen LogP) is 3.97. The van der Waals surface area contributed by atoms with Crippen LogP contribution in [0.2, 0.25) is 0 Å². The van der Waals surface area contributed by atoms with E-state index in [4.69, 9.17) is 4.98 Å². The number of aryl methyl sites for hydroxylation is 1. The minimum Gasteiger partial charge on any atom is -0.348 e. The Bertz CT molecular complexity index is 453. The summed E-state index contributed by atoms with van der Waals surface area (Å²) in [5.41, 5.74) is 1.35. The summed E-state index contributed by atoms with van der Waals surface area (Å²) in [6, 6.07) is 0.782. The molecule has 118 valence electrons. The van der Waals surface area contributed by atoms with Gasteiger partial charge in [-0.25, -0.2) is 4.98 Å². The molecule has 0 amide bonds. The lowest BCUT2D eigenvalue weighted by Crippen LogP contribution is -2.35. The van der Waals surface area contributed by atoms with Gasteiger partial charge in [0.05, 0.1) is 5.69 Å². The normalized spacial score (nSPS) is 22.8. The molecule has 2 aliphatic rings. The Balaban J connectivity index is 1.69. The van der Waals surface area contributed by atoms with Crippen LogP contribution in [-0.4, -0.2) is 24.1 Å². The summed E-state index contributed by atoms with van der Waals surface area (Å²) >= 11 is 1.94. The van der Waals surface area contributed by atoms with E-state index in [0.717, 1.165) is 24.9 Å². The Morgan fingerprint density at radius 3 is 2.86 bits per heavy atom. The highest BCUT2D eigenvalue weighted by molar-refractivity contribution is 7.15. The summed E-state index contributed by atoms with van der Waals surface area (Å²) in [4.78, 5) is 9.02. The van der Waals surface area contributed by atoms with Gasteiger partial charge in [0.25, 0.3) is 0 Å². The Kier molecular flexibility index (Phi) is 5.17. The fraction of sp³-hybridized carbons (Fsp3) is 0.824. The second kappa shape index (κ2) is 7.10. The van der Waals surface area contributed by atoms with Gasteiger partial charge in [0.15, 0.2) is 5.13 Å². The van der Waals surface area contributed by atoms with Crippen LogP contribution < -0.4 is 10.2 Å². The molecule has 1 aliphatic heterocycles. The maximum atomic E-state index is 5.00. The molecule has 0 aromatic carbocycles. The second-order valence-corrected chi connectivity index (χ2v) is 7.70. The molecule has 2 heterocycles. The third kappa shape index (κ3) is 3.98. The summed E-state index contributed by atoms with van der Waals surface area (Å²) in [6.45, 7) is 8.02. The van der Waals surface area contributed by atoms with E-state index in [2.05, 4.69) is 24.1 Å². The number of nitrogens with one attached hydrogen (secondary N) is 1. The Morgan fingerprint density at radius 2 is 2.14 bits per heavy atom. The highest BCUT2D eigenvalue weighted by Crippen LogP contribution is 2.32. The van der Waals surface area contributed by atoms with E-state index in [0.29, 0.717) is 0 Å². The van der Waals surface area contributed by atoms with Gasteiger partial charge in [0, 0.05) is 30.6 Å². The zero-order valence-electron chi connectivity index (χ0n) is 13.5. The first-order valence-electron chi connectivity index (χ1n) is 8.77. The minimum atomic E-state index is 0.782. The minimum absolute atomic E-state index is 0.782. The molecule has 1 aromatic rings.